The van der Waals surface area contributed by atoms with Crippen LogP contribution >= 0.6 is 34.5 Å². The van der Waals surface area contributed by atoms with Crippen LogP contribution in [0.3, 0.4) is 0 Å². The van der Waals surface area contributed by atoms with Crippen LogP contribution in [0.15, 0.2) is 53.9 Å². The first-order chi connectivity index (χ1) is 18.7. The van der Waals surface area contributed by atoms with Crippen molar-refractivity contribution in [2.75, 3.05) is 13.1 Å². The number of hydrogen-bond acceptors (Lipinski definition) is 7. The van der Waals surface area contributed by atoms with Crippen molar-refractivity contribution in [3.05, 3.63) is 91.1 Å². The lowest BCUT2D eigenvalue weighted by Gasteiger charge is -2.30. The number of carbonyl (C=O) groups excluding carboxylic acids is 3. The molecule has 1 atom stereocenters. The summed E-state index contributed by atoms with van der Waals surface area (Å²) in [6, 6.07) is 10.3. The van der Waals surface area contributed by atoms with Gasteiger partial charge in [0.15, 0.2) is 6.29 Å². The molecule has 0 saturated carbocycles. The summed E-state index contributed by atoms with van der Waals surface area (Å²) in [4.78, 5) is 40.1. The highest BCUT2D eigenvalue weighted by atomic mass is 35.5. The number of fused-ring (bicyclic) bond motifs is 1. The van der Waals surface area contributed by atoms with Gasteiger partial charge in [0.2, 0.25) is 5.91 Å². The van der Waals surface area contributed by atoms with Gasteiger partial charge >= 0.3 is 0 Å². The predicted molar refractivity (Wildman–Crippen MR) is 149 cm³/mol. The summed E-state index contributed by atoms with van der Waals surface area (Å²) in [6.07, 6.45) is 1.32. The lowest BCUT2D eigenvalue weighted by Crippen LogP contribution is -2.50. The van der Waals surface area contributed by atoms with Gasteiger partial charge in [0, 0.05) is 31.3 Å². The Balaban J connectivity index is 1.45. The maximum Gasteiger partial charge on any atom is 0.261 e. The molecule has 1 aliphatic heterocycles. The van der Waals surface area contributed by atoms with Gasteiger partial charge in [0.05, 0.1) is 26.5 Å². The Kier molecular flexibility index (Phi) is 9.26. The Morgan fingerprint density at radius 2 is 1.87 bits per heavy atom. The molecule has 3 amide bonds. The van der Waals surface area contributed by atoms with E-state index in [0.29, 0.717) is 34.5 Å². The van der Waals surface area contributed by atoms with Crippen LogP contribution in [0.4, 0.5) is 0 Å². The van der Waals surface area contributed by atoms with Crippen molar-refractivity contribution in [3.63, 3.8) is 0 Å². The molecular weight excluding hydrogens is 565 g/mol. The van der Waals surface area contributed by atoms with E-state index in [4.69, 9.17) is 23.2 Å². The highest BCUT2D eigenvalue weighted by Gasteiger charge is 2.29. The van der Waals surface area contributed by atoms with E-state index < -0.39 is 24.1 Å². The van der Waals surface area contributed by atoms with Gasteiger partial charge in [-0.3, -0.25) is 14.4 Å². The fraction of sp³-hybridized carbons (Fsp3) is 0.222. The van der Waals surface area contributed by atoms with Gasteiger partial charge in [-0.2, -0.15) is 0 Å². The second-order valence-corrected chi connectivity index (χ2v) is 10.5. The zero-order chi connectivity index (χ0) is 28.1. The van der Waals surface area contributed by atoms with Crippen LogP contribution in [0.2, 0.25) is 10.0 Å². The fourth-order valence-corrected chi connectivity index (χ4v) is 5.52. The van der Waals surface area contributed by atoms with Gasteiger partial charge in [-0.05, 0) is 47.2 Å². The summed E-state index contributed by atoms with van der Waals surface area (Å²) in [7, 11) is 0. The number of para-hydroxylation sites is 1. The first kappa shape index (κ1) is 28.6. The Bertz CT molecular complexity index is 1410. The SMILES string of the molecule is O=C(NC[C@H](NC(=O)c1c(Cl)cc2c(c1Cl)CCN(C(=O)/C=C/c1ccccc1O)C2)C(O)O)c1cccs1. The number of rotatable bonds is 8. The van der Waals surface area contributed by atoms with Crippen molar-refractivity contribution < 1.29 is 29.7 Å². The average molecular weight is 590 g/mol. The highest BCUT2D eigenvalue weighted by Crippen LogP contribution is 2.35. The van der Waals surface area contributed by atoms with Gasteiger partial charge in [-0.15, -0.1) is 11.3 Å². The van der Waals surface area contributed by atoms with E-state index >= 15 is 0 Å². The molecule has 0 radical (unpaired) electrons. The number of phenolic OH excluding ortho intramolecular Hbond substituents is 1. The number of benzene rings is 2. The molecule has 3 aromatic rings. The van der Waals surface area contributed by atoms with Crippen LogP contribution < -0.4 is 10.6 Å². The average Bonchev–Trinajstić information content (AvgIpc) is 3.45. The molecule has 0 unspecified atom stereocenters. The Morgan fingerprint density at radius 3 is 2.56 bits per heavy atom. The molecule has 9 nitrogen and oxygen atoms in total. The van der Waals surface area contributed by atoms with E-state index in [9.17, 15) is 29.7 Å². The van der Waals surface area contributed by atoms with Crippen LogP contribution in [0.1, 0.15) is 36.7 Å². The Morgan fingerprint density at radius 1 is 1.10 bits per heavy atom. The fourth-order valence-electron chi connectivity index (χ4n) is 4.11. The molecule has 12 heteroatoms. The predicted octanol–water partition coefficient (Wildman–Crippen LogP) is 3.20. The molecule has 0 bridgehead atoms. The van der Waals surface area contributed by atoms with E-state index in [1.165, 1.54) is 29.6 Å². The van der Waals surface area contributed by atoms with Crippen LogP contribution in [0.25, 0.3) is 6.08 Å². The number of halogens is 2. The molecule has 4 rings (SSSR count). The Labute approximate surface area is 238 Å². The molecule has 5 N–H and O–H groups in total. The molecule has 0 spiro atoms. The van der Waals surface area contributed by atoms with Crippen LogP contribution in [-0.4, -0.2) is 63.4 Å². The van der Waals surface area contributed by atoms with Crippen LogP contribution in [0.5, 0.6) is 5.75 Å². The number of phenols is 1. The second kappa shape index (κ2) is 12.6. The maximum absolute atomic E-state index is 13.1. The lowest BCUT2D eigenvalue weighted by molar-refractivity contribution is -0.126. The number of nitrogens with zero attached hydrogens (tertiary/aromatic N) is 1. The highest BCUT2D eigenvalue weighted by molar-refractivity contribution is 7.12. The van der Waals surface area contributed by atoms with Crippen molar-refractivity contribution >= 4 is 58.3 Å². The summed E-state index contributed by atoms with van der Waals surface area (Å²) in [5.41, 5.74) is 1.82. The normalized spacial score (nSPS) is 13.8. The molecule has 2 aromatic carbocycles. The summed E-state index contributed by atoms with van der Waals surface area (Å²) in [5, 5.41) is 36.3. The Hall–Kier alpha value is -3.41. The molecule has 2 heterocycles. The van der Waals surface area contributed by atoms with Crippen LogP contribution in [-0.2, 0) is 17.8 Å². The van der Waals surface area contributed by atoms with E-state index in [1.807, 2.05) is 0 Å². The number of aliphatic hydroxyl groups excluding tert-OH is 1. The number of aliphatic hydroxyl groups is 2. The standard InChI is InChI=1S/C27H25Cl2N3O6S/c28-18-12-16-14-32(22(34)8-7-15-4-1-2-5-20(15)33)10-9-17(16)24(29)23(18)26(36)31-19(27(37)38)13-30-25(35)21-6-3-11-39-21/h1-8,11-12,19,27,33,37-38H,9-10,13-14H2,(H,30,35)(H,31,36)/b8-7+/t19-/m0/s1. The molecule has 204 valence electrons. The molecule has 39 heavy (non-hydrogen) atoms. The van der Waals surface area contributed by atoms with E-state index in [2.05, 4.69) is 10.6 Å². The van der Waals surface area contributed by atoms with Crippen molar-refractivity contribution in [3.8, 4) is 5.75 Å². The zero-order valence-corrected chi connectivity index (χ0v) is 22.8. The molecule has 1 aromatic heterocycles. The largest absolute Gasteiger partial charge is 0.507 e. The topological polar surface area (TPSA) is 139 Å². The smallest absolute Gasteiger partial charge is 0.261 e. The summed E-state index contributed by atoms with van der Waals surface area (Å²) in [6.45, 7) is 0.311. The number of thiophene rings is 1. The molecular formula is C27H25Cl2N3O6S. The summed E-state index contributed by atoms with van der Waals surface area (Å²) in [5.74, 6) is -1.34. The van der Waals surface area contributed by atoms with Gasteiger partial charge < -0.3 is 30.9 Å². The van der Waals surface area contributed by atoms with Crippen LogP contribution in [0, 0.1) is 0 Å². The molecule has 0 aliphatic carbocycles. The third-order valence-corrected chi connectivity index (χ3v) is 7.77. The summed E-state index contributed by atoms with van der Waals surface area (Å²) < 4.78 is 0. The monoisotopic (exact) mass is 589 g/mol. The lowest BCUT2D eigenvalue weighted by atomic mass is 9.96. The van der Waals surface area contributed by atoms with Crippen molar-refractivity contribution in [2.24, 2.45) is 0 Å². The van der Waals surface area contributed by atoms with Crippen molar-refractivity contribution in [1.29, 1.82) is 0 Å². The number of amides is 3. The summed E-state index contributed by atoms with van der Waals surface area (Å²) >= 11 is 14.2. The van der Waals surface area contributed by atoms with E-state index in [0.717, 1.165) is 0 Å². The number of hydrogen-bond donors (Lipinski definition) is 5. The van der Waals surface area contributed by atoms with Gasteiger partial charge in [0.25, 0.3) is 11.8 Å². The zero-order valence-electron chi connectivity index (χ0n) is 20.4. The minimum atomic E-state index is -1.96. The van der Waals surface area contributed by atoms with Crippen molar-refractivity contribution in [1.82, 2.24) is 15.5 Å². The third-order valence-electron chi connectivity index (χ3n) is 6.19. The number of nitrogens with one attached hydrogen (secondary N) is 2. The second-order valence-electron chi connectivity index (χ2n) is 8.77. The minimum Gasteiger partial charge on any atom is -0.507 e. The first-order valence-electron chi connectivity index (χ1n) is 11.9. The molecule has 0 saturated heterocycles. The van der Waals surface area contributed by atoms with E-state index in [1.54, 1.807) is 46.7 Å². The van der Waals surface area contributed by atoms with Crippen molar-refractivity contribution in [2.45, 2.75) is 25.3 Å². The molecule has 0 fully saturated rings. The van der Waals surface area contributed by atoms with Gasteiger partial charge in [-0.25, -0.2) is 0 Å². The van der Waals surface area contributed by atoms with Gasteiger partial charge in [0.1, 0.15) is 5.75 Å². The maximum atomic E-state index is 13.1. The first-order valence-corrected chi connectivity index (χ1v) is 13.5. The quantitative estimate of drug-likeness (QED) is 0.202. The number of carbonyl (C=O) groups is 3. The third kappa shape index (κ3) is 6.78. The molecule has 1 aliphatic rings. The van der Waals surface area contributed by atoms with E-state index in [-0.39, 0.29) is 40.4 Å². The minimum absolute atomic E-state index is 0.0316. The number of aromatic hydroxyl groups is 1. The van der Waals surface area contributed by atoms with Gasteiger partial charge in [-0.1, -0.05) is 47.5 Å².